The van der Waals surface area contributed by atoms with E-state index in [1.807, 2.05) is 48.2 Å². The SMILES string of the molecule is Cc1ccc(C)c([S+](c2ccc3c(c2)C(C)(C)c2ccccc2-3)c2cc(C)c(Sc3ccc4c(c3)C(C)(C)c3cc(C(=O)c5ccccc5)ccc3-4)cc2C)c1. The molecule has 0 fully saturated rings. The number of ketones is 1. The molecule has 0 heterocycles. The van der Waals surface area contributed by atoms with Gasteiger partial charge in [0.25, 0.3) is 0 Å². The Morgan fingerprint density at radius 2 is 1.09 bits per heavy atom. The van der Waals surface area contributed by atoms with Gasteiger partial charge in [-0.25, -0.2) is 0 Å². The first-order valence-electron chi connectivity index (χ1n) is 19.6. The summed E-state index contributed by atoms with van der Waals surface area (Å²) < 4.78 is 0. The molecule has 0 aromatic heterocycles. The number of rotatable bonds is 7. The third kappa shape index (κ3) is 5.90. The van der Waals surface area contributed by atoms with Crippen LogP contribution in [0.1, 0.15) is 88.1 Å². The predicted octanol–water partition coefficient (Wildman–Crippen LogP) is 14.0. The minimum Gasteiger partial charge on any atom is -0.289 e. The summed E-state index contributed by atoms with van der Waals surface area (Å²) >= 11 is 1.85. The van der Waals surface area contributed by atoms with Crippen LogP contribution in [0.3, 0.4) is 0 Å². The number of benzene rings is 7. The average Bonchev–Trinajstić information content (AvgIpc) is 3.56. The van der Waals surface area contributed by atoms with Crippen LogP contribution in [-0.2, 0) is 21.7 Å². The molecule has 7 aromatic carbocycles. The number of fused-ring (bicyclic) bond motifs is 6. The first-order valence-corrected chi connectivity index (χ1v) is 21.6. The first kappa shape index (κ1) is 36.5. The lowest BCUT2D eigenvalue weighted by Crippen LogP contribution is -2.16. The summed E-state index contributed by atoms with van der Waals surface area (Å²) in [5, 5.41) is 0. The smallest absolute Gasteiger partial charge is 0.193 e. The summed E-state index contributed by atoms with van der Waals surface area (Å²) in [7, 11) is -0.288. The van der Waals surface area contributed by atoms with Crippen LogP contribution in [0.25, 0.3) is 22.3 Å². The van der Waals surface area contributed by atoms with Gasteiger partial charge in [-0.3, -0.25) is 4.79 Å². The van der Waals surface area contributed by atoms with E-state index in [2.05, 4.69) is 159 Å². The van der Waals surface area contributed by atoms with Crippen molar-refractivity contribution >= 4 is 28.4 Å². The van der Waals surface area contributed by atoms with Crippen LogP contribution in [0.5, 0.6) is 0 Å². The van der Waals surface area contributed by atoms with Crippen LogP contribution in [0.4, 0.5) is 0 Å². The van der Waals surface area contributed by atoms with Crippen LogP contribution in [0.15, 0.2) is 164 Å². The van der Waals surface area contributed by atoms with Crippen LogP contribution >= 0.6 is 11.8 Å². The van der Waals surface area contributed by atoms with Crippen LogP contribution < -0.4 is 0 Å². The quantitative estimate of drug-likeness (QED) is 0.119. The van der Waals surface area contributed by atoms with Gasteiger partial charge in [0.05, 0.1) is 10.9 Å². The highest BCUT2D eigenvalue weighted by Crippen LogP contribution is 2.52. The van der Waals surface area contributed by atoms with Crippen molar-refractivity contribution < 1.29 is 4.79 Å². The zero-order valence-corrected chi connectivity index (χ0v) is 35.1. The lowest BCUT2D eigenvalue weighted by Gasteiger charge is -2.22. The Bertz CT molecular complexity index is 2730. The van der Waals surface area contributed by atoms with Gasteiger partial charge in [-0.2, -0.15) is 0 Å². The molecular weight excluding hydrogens is 717 g/mol. The third-order valence-electron chi connectivity index (χ3n) is 12.2. The summed E-state index contributed by atoms with van der Waals surface area (Å²) in [6.07, 6.45) is 0. The van der Waals surface area contributed by atoms with E-state index < -0.39 is 0 Å². The van der Waals surface area contributed by atoms with E-state index >= 15 is 0 Å². The summed E-state index contributed by atoms with van der Waals surface area (Å²) in [6.45, 7) is 18.4. The lowest BCUT2D eigenvalue weighted by atomic mass is 9.81. The van der Waals surface area contributed by atoms with Crippen LogP contribution in [0, 0.1) is 27.7 Å². The zero-order valence-electron chi connectivity index (χ0n) is 33.5. The minimum atomic E-state index is -0.288. The standard InChI is InChI=1S/C53H47OS2/c1-32-18-19-33(2)49(26-32)56(39-22-25-43-40-16-12-13-17-44(40)52(5,6)47(43)31-39)50-28-34(3)48(27-35(50)4)55-38-21-24-42-41-23-20-37(51(54)36-14-10-9-11-15-36)29-45(41)53(7,8)46(42)30-38/h9-31H,1-8H3/q+1. The molecular formula is C53H47OS2+. The second kappa shape index (κ2) is 13.5. The van der Waals surface area contributed by atoms with Gasteiger partial charge in [0.2, 0.25) is 0 Å². The van der Waals surface area contributed by atoms with Crippen molar-refractivity contribution in [1.29, 1.82) is 0 Å². The summed E-state index contributed by atoms with van der Waals surface area (Å²) in [5.74, 6) is 0.0664. The Balaban J connectivity index is 1.07. The molecule has 1 unspecified atom stereocenters. The molecule has 0 radical (unpaired) electrons. The fourth-order valence-corrected chi connectivity index (χ4v) is 12.6. The van der Waals surface area contributed by atoms with Gasteiger partial charge in [0, 0.05) is 42.9 Å². The highest BCUT2D eigenvalue weighted by atomic mass is 32.2. The van der Waals surface area contributed by atoms with Gasteiger partial charge in [-0.1, -0.05) is 124 Å². The summed E-state index contributed by atoms with van der Waals surface area (Å²) in [4.78, 5) is 20.1. The molecule has 0 saturated carbocycles. The van der Waals surface area contributed by atoms with Crippen molar-refractivity contribution in [3.05, 3.63) is 195 Å². The Hall–Kier alpha value is -5.09. The number of hydrogen-bond acceptors (Lipinski definition) is 2. The largest absolute Gasteiger partial charge is 0.289 e. The van der Waals surface area contributed by atoms with Crippen molar-refractivity contribution in [2.24, 2.45) is 0 Å². The van der Waals surface area contributed by atoms with Gasteiger partial charge >= 0.3 is 0 Å². The summed E-state index contributed by atoms with van der Waals surface area (Å²) in [6, 6.07) is 50.8. The van der Waals surface area contributed by atoms with Gasteiger partial charge in [-0.05, 0) is 138 Å². The highest BCUT2D eigenvalue weighted by Gasteiger charge is 2.40. The fraction of sp³-hybridized carbons (Fsp3) is 0.189. The molecule has 0 amide bonds. The highest BCUT2D eigenvalue weighted by molar-refractivity contribution is 7.99. The van der Waals surface area contributed by atoms with Crippen molar-refractivity contribution in [1.82, 2.24) is 0 Å². The minimum absolute atomic E-state index is 0.0578. The fourth-order valence-electron chi connectivity index (χ4n) is 9.01. The van der Waals surface area contributed by atoms with E-state index in [1.165, 1.54) is 91.2 Å². The van der Waals surface area contributed by atoms with Crippen LogP contribution in [0.2, 0.25) is 0 Å². The Labute approximate surface area is 339 Å². The van der Waals surface area contributed by atoms with Gasteiger partial charge in [0.1, 0.15) is 0 Å². The van der Waals surface area contributed by atoms with E-state index in [9.17, 15) is 4.79 Å². The van der Waals surface area contributed by atoms with E-state index in [4.69, 9.17) is 0 Å². The molecule has 7 aromatic rings. The Kier molecular flexibility index (Phi) is 8.83. The maximum atomic E-state index is 13.4. The van der Waals surface area contributed by atoms with E-state index in [1.54, 1.807) is 0 Å². The molecule has 0 aliphatic heterocycles. The predicted molar refractivity (Wildman–Crippen MR) is 236 cm³/mol. The molecule has 0 bridgehead atoms. The second-order valence-corrected chi connectivity index (χ2v) is 19.8. The van der Waals surface area contributed by atoms with E-state index in [0.717, 1.165) is 11.1 Å². The molecule has 1 atom stereocenters. The molecule has 276 valence electrons. The number of carbonyl (C=O) groups is 1. The van der Waals surface area contributed by atoms with Crippen molar-refractivity contribution in [2.75, 3.05) is 0 Å². The van der Waals surface area contributed by atoms with E-state index in [-0.39, 0.29) is 27.5 Å². The second-order valence-electron chi connectivity index (χ2n) is 16.7. The number of carbonyl (C=O) groups excluding carboxylic acids is 1. The first-order chi connectivity index (χ1) is 26.8. The molecule has 0 spiro atoms. The molecule has 0 N–H and O–H groups in total. The van der Waals surface area contributed by atoms with Crippen molar-refractivity contribution in [2.45, 2.75) is 90.7 Å². The molecule has 9 rings (SSSR count). The molecule has 2 aliphatic rings. The zero-order chi connectivity index (χ0) is 39.1. The molecule has 3 heteroatoms. The van der Waals surface area contributed by atoms with Gasteiger partial charge < -0.3 is 0 Å². The molecule has 0 saturated heterocycles. The Morgan fingerprint density at radius 3 is 1.86 bits per heavy atom. The number of aryl methyl sites for hydroxylation is 4. The summed E-state index contributed by atoms with van der Waals surface area (Å²) in [5.41, 5.74) is 17.0. The Morgan fingerprint density at radius 1 is 0.482 bits per heavy atom. The van der Waals surface area contributed by atoms with Crippen molar-refractivity contribution in [3.63, 3.8) is 0 Å². The normalized spacial score (nSPS) is 14.8. The molecule has 1 nitrogen and oxygen atoms in total. The molecule has 56 heavy (non-hydrogen) atoms. The van der Waals surface area contributed by atoms with Crippen molar-refractivity contribution in [3.8, 4) is 22.3 Å². The maximum absolute atomic E-state index is 13.4. The average molecular weight is 764 g/mol. The third-order valence-corrected chi connectivity index (χ3v) is 15.9. The maximum Gasteiger partial charge on any atom is 0.193 e. The van der Waals surface area contributed by atoms with Crippen LogP contribution in [-0.4, -0.2) is 5.78 Å². The molecule has 2 aliphatic carbocycles. The lowest BCUT2D eigenvalue weighted by molar-refractivity contribution is 0.103. The van der Waals surface area contributed by atoms with Gasteiger partial charge in [-0.15, -0.1) is 0 Å². The van der Waals surface area contributed by atoms with E-state index in [0.29, 0.717) is 0 Å². The monoisotopic (exact) mass is 763 g/mol. The number of hydrogen-bond donors (Lipinski definition) is 0. The van der Waals surface area contributed by atoms with Gasteiger partial charge in [0.15, 0.2) is 20.5 Å². The topological polar surface area (TPSA) is 17.1 Å².